The summed E-state index contributed by atoms with van der Waals surface area (Å²) in [6.07, 6.45) is 5.89. The van der Waals surface area contributed by atoms with Crippen molar-refractivity contribution in [1.29, 1.82) is 0 Å². The molecule has 12 heteroatoms. The molecule has 0 bridgehead atoms. The van der Waals surface area contributed by atoms with Crippen LogP contribution in [0.25, 0.3) is 0 Å². The van der Waals surface area contributed by atoms with E-state index >= 15 is 0 Å². The van der Waals surface area contributed by atoms with Gasteiger partial charge in [-0.05, 0) is 6.08 Å². The highest BCUT2D eigenvalue weighted by molar-refractivity contribution is 5.80. The van der Waals surface area contributed by atoms with E-state index in [1.54, 1.807) is 12.2 Å². The lowest BCUT2D eigenvalue weighted by Gasteiger charge is -2.01. The molecule has 0 unspecified atom stereocenters. The third kappa shape index (κ3) is 5.44. The molecule has 0 amide bonds. The number of aliphatic imine (C=N–C) groups is 2. The van der Waals surface area contributed by atoms with Gasteiger partial charge < -0.3 is 28.7 Å². The summed E-state index contributed by atoms with van der Waals surface area (Å²) in [6.45, 7) is 7.01. The number of hydrogen-bond acceptors (Lipinski definition) is 8. The van der Waals surface area contributed by atoms with Crippen LogP contribution in [-0.2, 0) is 0 Å². The van der Waals surface area contributed by atoms with Gasteiger partial charge in [0.05, 0.1) is 5.70 Å². The molecule has 24 heavy (non-hydrogen) atoms. The van der Waals surface area contributed by atoms with E-state index in [9.17, 15) is 0 Å². The lowest BCUT2D eigenvalue weighted by Crippen LogP contribution is -2.24. The van der Waals surface area contributed by atoms with Gasteiger partial charge in [-0.25, -0.2) is 4.99 Å². The molecule has 1 heterocycles. The average molecular weight is 330 g/mol. The van der Waals surface area contributed by atoms with Gasteiger partial charge in [0.2, 0.25) is 5.96 Å². The van der Waals surface area contributed by atoms with Crippen molar-refractivity contribution in [3.8, 4) is 0 Å². The summed E-state index contributed by atoms with van der Waals surface area (Å²) in [4.78, 5) is 11.4. The first-order valence-corrected chi connectivity index (χ1v) is 6.34. The lowest BCUT2D eigenvalue weighted by molar-refractivity contribution is 0.907. The van der Waals surface area contributed by atoms with E-state index in [0.29, 0.717) is 0 Å². The lowest BCUT2D eigenvalue weighted by atomic mass is 10.3. The van der Waals surface area contributed by atoms with Crippen LogP contribution >= 0.6 is 0 Å². The topological polar surface area (TPSA) is 210 Å². The van der Waals surface area contributed by atoms with Gasteiger partial charge in [0.1, 0.15) is 6.33 Å². The SMILES string of the molecule is C=C/C=C\N=C(/N)n1cnc(/N=N/C(C(=C)N)=C(\N)N=C(N)N)n1. The fraction of sp³-hybridized carbons (Fsp3) is 0. The average Bonchev–Trinajstić information content (AvgIpc) is 2.95. The van der Waals surface area contributed by atoms with E-state index in [2.05, 4.69) is 43.5 Å². The summed E-state index contributed by atoms with van der Waals surface area (Å²) >= 11 is 0. The van der Waals surface area contributed by atoms with Crippen LogP contribution < -0.4 is 28.7 Å². The van der Waals surface area contributed by atoms with Crippen LogP contribution in [0.3, 0.4) is 0 Å². The number of nitrogens with zero attached hydrogens (tertiary/aromatic N) is 7. The van der Waals surface area contributed by atoms with Gasteiger partial charge in [-0.15, -0.1) is 15.3 Å². The number of rotatable bonds is 6. The number of hydrogen-bond donors (Lipinski definition) is 5. The van der Waals surface area contributed by atoms with Crippen molar-refractivity contribution in [2.75, 3.05) is 0 Å². The second-order valence-electron chi connectivity index (χ2n) is 4.05. The van der Waals surface area contributed by atoms with Gasteiger partial charge in [-0.3, -0.25) is 0 Å². The van der Waals surface area contributed by atoms with Crippen LogP contribution in [0.4, 0.5) is 5.95 Å². The second kappa shape index (κ2) is 8.47. The largest absolute Gasteiger partial charge is 0.397 e. The van der Waals surface area contributed by atoms with Crippen LogP contribution in [0.1, 0.15) is 0 Å². The Labute approximate surface area is 137 Å². The summed E-state index contributed by atoms with van der Waals surface area (Å²) in [6, 6.07) is 0. The highest BCUT2D eigenvalue weighted by Gasteiger charge is 2.07. The molecule has 1 aromatic rings. The molecule has 0 aliphatic rings. The van der Waals surface area contributed by atoms with Gasteiger partial charge in [0.25, 0.3) is 5.95 Å². The maximum atomic E-state index is 5.70. The fourth-order valence-corrected chi connectivity index (χ4v) is 1.22. The molecular weight excluding hydrogens is 312 g/mol. The van der Waals surface area contributed by atoms with Crippen molar-refractivity contribution in [3.05, 3.63) is 55.1 Å². The minimum absolute atomic E-state index is 0.0105. The number of allylic oxidation sites excluding steroid dienone is 2. The molecule has 0 radical (unpaired) electrons. The molecule has 10 N–H and O–H groups in total. The molecule has 0 spiro atoms. The summed E-state index contributed by atoms with van der Waals surface area (Å²) < 4.78 is 1.20. The zero-order chi connectivity index (χ0) is 18.1. The van der Waals surface area contributed by atoms with Gasteiger partial charge in [0, 0.05) is 6.20 Å². The molecule has 0 saturated heterocycles. The van der Waals surface area contributed by atoms with Gasteiger partial charge in [-0.2, -0.15) is 14.7 Å². The number of aromatic nitrogens is 3. The number of azo groups is 1. The molecule has 0 saturated carbocycles. The van der Waals surface area contributed by atoms with Crippen molar-refractivity contribution >= 4 is 17.9 Å². The molecule has 12 nitrogen and oxygen atoms in total. The first kappa shape index (κ1) is 18.1. The van der Waals surface area contributed by atoms with E-state index in [0.717, 1.165) is 0 Å². The Morgan fingerprint density at radius 3 is 2.50 bits per heavy atom. The maximum absolute atomic E-state index is 5.70. The Bertz CT molecular complexity index is 757. The van der Waals surface area contributed by atoms with E-state index in [-0.39, 0.29) is 35.1 Å². The van der Waals surface area contributed by atoms with Crippen molar-refractivity contribution in [1.82, 2.24) is 14.8 Å². The second-order valence-corrected chi connectivity index (χ2v) is 4.05. The van der Waals surface area contributed by atoms with Gasteiger partial charge in [-0.1, -0.05) is 19.2 Å². The molecule has 126 valence electrons. The fourth-order valence-electron chi connectivity index (χ4n) is 1.22. The van der Waals surface area contributed by atoms with Crippen LogP contribution in [-0.4, -0.2) is 26.7 Å². The van der Waals surface area contributed by atoms with E-state index in [1.165, 1.54) is 17.2 Å². The molecule has 1 rings (SSSR count). The van der Waals surface area contributed by atoms with Crippen molar-refractivity contribution < 1.29 is 0 Å². The highest BCUT2D eigenvalue weighted by Crippen LogP contribution is 2.12. The third-order valence-electron chi connectivity index (χ3n) is 2.18. The zero-order valence-electron chi connectivity index (χ0n) is 12.7. The first-order valence-electron chi connectivity index (χ1n) is 6.34. The standard InChI is InChI=1S/C12H18N12/c1-3-4-5-18-11(17)24-6-19-12(23-24)22-21-8(7(2)13)9(14)20-10(15)16/h3-6H,1-2,13-14H2,(H2,17,18)(H4,15,16,20)/b5-4-,9-8+,22-21+. The molecule has 0 aliphatic carbocycles. The predicted molar refractivity (Wildman–Crippen MR) is 91.2 cm³/mol. The van der Waals surface area contributed by atoms with E-state index < -0.39 is 0 Å². The summed E-state index contributed by atoms with van der Waals surface area (Å²) in [7, 11) is 0. The first-order chi connectivity index (χ1) is 11.3. The van der Waals surface area contributed by atoms with Crippen LogP contribution in [0, 0.1) is 0 Å². The minimum Gasteiger partial charge on any atom is -0.397 e. The molecular formula is C12H18N12. The molecule has 0 atom stereocenters. The summed E-state index contributed by atoms with van der Waals surface area (Å²) in [5.41, 5.74) is 27.4. The Hall–Kier alpha value is -3.96. The Balaban J connectivity index is 3.04. The summed E-state index contributed by atoms with van der Waals surface area (Å²) in [5.74, 6) is -0.361. The predicted octanol–water partition coefficient (Wildman–Crippen LogP) is -0.902. The van der Waals surface area contributed by atoms with Crippen LogP contribution in [0.15, 0.2) is 75.3 Å². The molecule has 0 fully saturated rings. The molecule has 0 aromatic carbocycles. The maximum Gasteiger partial charge on any atom is 0.287 e. The Morgan fingerprint density at radius 1 is 1.21 bits per heavy atom. The zero-order valence-corrected chi connectivity index (χ0v) is 12.7. The minimum atomic E-state index is -0.264. The Kier molecular flexibility index (Phi) is 6.39. The highest BCUT2D eigenvalue weighted by atomic mass is 15.4. The van der Waals surface area contributed by atoms with E-state index in [4.69, 9.17) is 28.7 Å². The number of nitrogens with two attached hydrogens (primary N) is 5. The quantitative estimate of drug-likeness (QED) is 0.192. The smallest absolute Gasteiger partial charge is 0.287 e. The van der Waals surface area contributed by atoms with Gasteiger partial charge >= 0.3 is 0 Å². The normalized spacial score (nSPS) is 13.1. The van der Waals surface area contributed by atoms with Crippen molar-refractivity contribution in [3.63, 3.8) is 0 Å². The number of guanidine groups is 1. The van der Waals surface area contributed by atoms with E-state index in [1.807, 2.05) is 0 Å². The van der Waals surface area contributed by atoms with Crippen molar-refractivity contribution in [2.24, 2.45) is 48.9 Å². The van der Waals surface area contributed by atoms with Crippen molar-refractivity contribution in [2.45, 2.75) is 0 Å². The third-order valence-corrected chi connectivity index (χ3v) is 2.18. The monoisotopic (exact) mass is 330 g/mol. The van der Waals surface area contributed by atoms with Crippen LogP contribution in [0.5, 0.6) is 0 Å². The molecule has 1 aromatic heterocycles. The molecule has 0 aliphatic heterocycles. The Morgan fingerprint density at radius 2 is 1.92 bits per heavy atom. The van der Waals surface area contributed by atoms with Crippen LogP contribution in [0.2, 0.25) is 0 Å². The summed E-state index contributed by atoms with van der Waals surface area (Å²) in [5, 5.41) is 11.5. The van der Waals surface area contributed by atoms with Gasteiger partial charge in [0.15, 0.2) is 17.5 Å².